The Morgan fingerprint density at radius 2 is 1.50 bits per heavy atom. The Hall–Kier alpha value is -3.33. The second-order valence-corrected chi connectivity index (χ2v) is 5.55. The van der Waals surface area contributed by atoms with Crippen LogP contribution in [0.4, 0.5) is 0 Å². The van der Waals surface area contributed by atoms with Crippen LogP contribution in [0.25, 0.3) is 34.0 Å². The smallest absolute Gasteiger partial charge is 0.150 e. The molecule has 0 saturated carbocycles. The summed E-state index contributed by atoms with van der Waals surface area (Å²) in [7, 11) is 0. The van der Waals surface area contributed by atoms with Crippen LogP contribution in [0.3, 0.4) is 0 Å². The molecule has 2 aromatic carbocycles. The third-order valence-corrected chi connectivity index (χ3v) is 4.04. The van der Waals surface area contributed by atoms with E-state index in [0.29, 0.717) is 5.56 Å². The number of carbonyl (C=O) groups is 1. The Kier molecular flexibility index (Phi) is 3.60. The molecule has 24 heavy (non-hydrogen) atoms. The number of rotatable bonds is 3. The zero-order valence-electron chi connectivity index (χ0n) is 12.9. The molecular weight excluding hydrogens is 296 g/mol. The largest absolute Gasteiger partial charge is 0.298 e. The van der Waals surface area contributed by atoms with Crippen LogP contribution in [-0.4, -0.2) is 16.3 Å². The lowest BCUT2D eigenvalue weighted by atomic mass is 10.0. The second kappa shape index (κ2) is 6.05. The van der Waals surface area contributed by atoms with Crippen molar-refractivity contribution < 1.29 is 4.79 Å². The molecule has 3 heteroatoms. The van der Waals surface area contributed by atoms with Crippen molar-refractivity contribution in [2.24, 2.45) is 0 Å². The van der Waals surface area contributed by atoms with E-state index in [1.165, 1.54) is 0 Å². The van der Waals surface area contributed by atoms with E-state index < -0.39 is 0 Å². The monoisotopic (exact) mass is 310 g/mol. The number of benzene rings is 2. The van der Waals surface area contributed by atoms with Gasteiger partial charge in [0.15, 0.2) is 0 Å². The van der Waals surface area contributed by atoms with Crippen molar-refractivity contribution in [1.29, 1.82) is 0 Å². The van der Waals surface area contributed by atoms with Crippen LogP contribution >= 0.6 is 0 Å². The average Bonchev–Trinajstić information content (AvgIpc) is 2.66. The van der Waals surface area contributed by atoms with E-state index in [1.807, 2.05) is 54.7 Å². The number of hydrogen-bond donors (Lipinski definition) is 0. The number of pyridine rings is 2. The molecule has 0 saturated heterocycles. The molecule has 0 atom stereocenters. The Morgan fingerprint density at radius 3 is 2.33 bits per heavy atom. The summed E-state index contributed by atoms with van der Waals surface area (Å²) in [4.78, 5) is 19.7. The highest BCUT2D eigenvalue weighted by atomic mass is 16.1. The molecule has 0 aliphatic rings. The van der Waals surface area contributed by atoms with Gasteiger partial charge in [-0.3, -0.25) is 14.8 Å². The van der Waals surface area contributed by atoms with Crippen LogP contribution in [0.1, 0.15) is 21.5 Å². The van der Waals surface area contributed by atoms with Crippen LogP contribution in [-0.2, 0) is 0 Å². The SMILES string of the molecule is O=Cc1ccc(/C=C/c2ccnc3c2ccc2cccnc23)cc1. The van der Waals surface area contributed by atoms with Crippen molar-refractivity contribution in [1.82, 2.24) is 9.97 Å². The van der Waals surface area contributed by atoms with Gasteiger partial charge in [0.05, 0.1) is 11.0 Å². The maximum Gasteiger partial charge on any atom is 0.150 e. The Morgan fingerprint density at radius 1 is 0.708 bits per heavy atom. The molecule has 0 unspecified atom stereocenters. The first-order valence-corrected chi connectivity index (χ1v) is 7.71. The third kappa shape index (κ3) is 2.57. The van der Waals surface area contributed by atoms with E-state index >= 15 is 0 Å². The van der Waals surface area contributed by atoms with Crippen LogP contribution in [0.2, 0.25) is 0 Å². The Labute approximate surface area is 139 Å². The standard InChI is InChI=1S/C21H14N2O/c24-14-16-5-3-15(4-6-16)7-8-17-11-13-23-21-19(17)10-9-18-2-1-12-22-20(18)21/h1-14H/b8-7+. The molecule has 2 heterocycles. The second-order valence-electron chi connectivity index (χ2n) is 5.55. The van der Waals surface area contributed by atoms with Gasteiger partial charge in [-0.15, -0.1) is 0 Å². The highest BCUT2D eigenvalue weighted by Crippen LogP contribution is 2.25. The van der Waals surface area contributed by atoms with E-state index in [2.05, 4.69) is 28.2 Å². The molecule has 0 bridgehead atoms. The number of nitrogens with zero attached hydrogens (tertiary/aromatic N) is 2. The van der Waals surface area contributed by atoms with Crippen LogP contribution in [0.15, 0.2) is 67.0 Å². The highest BCUT2D eigenvalue weighted by molar-refractivity contribution is 6.05. The molecule has 0 fully saturated rings. The van der Waals surface area contributed by atoms with Crippen molar-refractivity contribution in [3.63, 3.8) is 0 Å². The van der Waals surface area contributed by atoms with Crippen molar-refractivity contribution in [3.05, 3.63) is 83.7 Å². The Bertz CT molecular complexity index is 1070. The zero-order chi connectivity index (χ0) is 16.4. The van der Waals surface area contributed by atoms with Gasteiger partial charge in [0, 0.05) is 28.7 Å². The minimum atomic E-state index is 0.680. The van der Waals surface area contributed by atoms with E-state index in [9.17, 15) is 4.79 Å². The Balaban J connectivity index is 1.80. The minimum Gasteiger partial charge on any atom is -0.298 e. The predicted molar refractivity (Wildman–Crippen MR) is 97.8 cm³/mol. The van der Waals surface area contributed by atoms with E-state index in [0.717, 1.165) is 39.2 Å². The molecule has 4 rings (SSSR count). The number of aldehydes is 1. The van der Waals surface area contributed by atoms with Gasteiger partial charge in [-0.25, -0.2) is 0 Å². The lowest BCUT2D eigenvalue weighted by Gasteiger charge is -2.05. The van der Waals surface area contributed by atoms with E-state index in [-0.39, 0.29) is 0 Å². The number of aromatic nitrogens is 2. The van der Waals surface area contributed by atoms with Gasteiger partial charge in [-0.05, 0) is 23.3 Å². The molecule has 2 aromatic heterocycles. The first-order valence-electron chi connectivity index (χ1n) is 7.71. The molecule has 0 aliphatic carbocycles. The highest BCUT2D eigenvalue weighted by Gasteiger charge is 2.05. The van der Waals surface area contributed by atoms with Gasteiger partial charge in [-0.2, -0.15) is 0 Å². The zero-order valence-corrected chi connectivity index (χ0v) is 12.9. The fourth-order valence-corrected chi connectivity index (χ4v) is 2.79. The van der Waals surface area contributed by atoms with Gasteiger partial charge in [0.2, 0.25) is 0 Å². The summed E-state index contributed by atoms with van der Waals surface area (Å²) in [5.41, 5.74) is 4.64. The topological polar surface area (TPSA) is 42.9 Å². The summed E-state index contributed by atoms with van der Waals surface area (Å²) in [6, 6.07) is 17.6. The fraction of sp³-hybridized carbons (Fsp3) is 0. The van der Waals surface area contributed by atoms with Crippen molar-refractivity contribution in [3.8, 4) is 0 Å². The minimum absolute atomic E-state index is 0.680. The van der Waals surface area contributed by atoms with Gasteiger partial charge in [-0.1, -0.05) is 54.6 Å². The maximum absolute atomic E-state index is 10.7. The molecule has 0 N–H and O–H groups in total. The molecule has 0 amide bonds. The molecule has 0 aliphatic heterocycles. The van der Waals surface area contributed by atoms with Crippen molar-refractivity contribution in [2.45, 2.75) is 0 Å². The van der Waals surface area contributed by atoms with Crippen molar-refractivity contribution >= 4 is 40.2 Å². The first kappa shape index (κ1) is 14.3. The number of hydrogen-bond acceptors (Lipinski definition) is 3. The van der Waals surface area contributed by atoms with Gasteiger partial charge in [0.1, 0.15) is 6.29 Å². The van der Waals surface area contributed by atoms with Crippen LogP contribution in [0, 0.1) is 0 Å². The van der Waals surface area contributed by atoms with Crippen molar-refractivity contribution in [2.75, 3.05) is 0 Å². The normalized spacial score (nSPS) is 11.3. The number of carbonyl (C=O) groups excluding carboxylic acids is 1. The first-order chi connectivity index (χ1) is 11.8. The molecule has 0 spiro atoms. The summed E-state index contributed by atoms with van der Waals surface area (Å²) in [6.07, 6.45) is 8.55. The van der Waals surface area contributed by atoms with E-state index in [1.54, 1.807) is 6.20 Å². The lowest BCUT2D eigenvalue weighted by molar-refractivity contribution is 0.112. The molecule has 4 aromatic rings. The molecular formula is C21H14N2O. The van der Waals surface area contributed by atoms with Gasteiger partial charge in [0.25, 0.3) is 0 Å². The summed E-state index contributed by atoms with van der Waals surface area (Å²) in [5.74, 6) is 0. The molecule has 3 nitrogen and oxygen atoms in total. The van der Waals surface area contributed by atoms with E-state index in [4.69, 9.17) is 0 Å². The molecule has 114 valence electrons. The summed E-state index contributed by atoms with van der Waals surface area (Å²) < 4.78 is 0. The maximum atomic E-state index is 10.7. The summed E-state index contributed by atoms with van der Waals surface area (Å²) in [5, 5.41) is 2.16. The quantitative estimate of drug-likeness (QED) is 0.404. The fourth-order valence-electron chi connectivity index (χ4n) is 2.79. The lowest BCUT2D eigenvalue weighted by Crippen LogP contribution is -1.87. The predicted octanol–water partition coefficient (Wildman–Crippen LogP) is 4.77. The average molecular weight is 310 g/mol. The van der Waals surface area contributed by atoms with Crippen LogP contribution < -0.4 is 0 Å². The summed E-state index contributed by atoms with van der Waals surface area (Å²) >= 11 is 0. The van der Waals surface area contributed by atoms with Gasteiger partial charge < -0.3 is 0 Å². The van der Waals surface area contributed by atoms with Gasteiger partial charge >= 0.3 is 0 Å². The summed E-state index contributed by atoms with van der Waals surface area (Å²) in [6.45, 7) is 0. The number of fused-ring (bicyclic) bond motifs is 3. The molecule has 0 radical (unpaired) electrons. The van der Waals surface area contributed by atoms with Crippen LogP contribution in [0.5, 0.6) is 0 Å². The third-order valence-electron chi connectivity index (χ3n) is 4.04.